The first-order valence-corrected chi connectivity index (χ1v) is 7.62. The van der Waals surface area contributed by atoms with Crippen molar-refractivity contribution < 1.29 is 14.4 Å². The maximum Gasteiger partial charge on any atom is 0.315 e. The van der Waals surface area contributed by atoms with Gasteiger partial charge in [-0.05, 0) is 19.3 Å². The SMILES string of the molecule is CCC(NC(=O)NC1CCCCC1CO)c1noc(C)n1. The molecular weight excluding hydrogens is 272 g/mol. The van der Waals surface area contributed by atoms with E-state index in [2.05, 4.69) is 20.8 Å². The fraction of sp³-hybridized carbons (Fsp3) is 0.786. The van der Waals surface area contributed by atoms with Gasteiger partial charge in [-0.25, -0.2) is 4.79 Å². The van der Waals surface area contributed by atoms with E-state index in [9.17, 15) is 9.90 Å². The Morgan fingerprint density at radius 1 is 1.48 bits per heavy atom. The van der Waals surface area contributed by atoms with Gasteiger partial charge in [-0.1, -0.05) is 24.9 Å². The van der Waals surface area contributed by atoms with E-state index in [1.165, 1.54) is 0 Å². The Morgan fingerprint density at radius 2 is 2.24 bits per heavy atom. The standard InChI is InChI=1S/C14H24N4O3/c1-3-11(13-15-9(2)21-18-13)16-14(20)17-12-7-5-4-6-10(12)8-19/h10-12,19H,3-8H2,1-2H3,(H2,16,17,20). The summed E-state index contributed by atoms with van der Waals surface area (Å²) < 4.78 is 4.95. The quantitative estimate of drug-likeness (QED) is 0.767. The van der Waals surface area contributed by atoms with Crippen LogP contribution in [0.25, 0.3) is 0 Å². The second kappa shape index (κ2) is 7.40. The zero-order valence-electron chi connectivity index (χ0n) is 12.6. The monoisotopic (exact) mass is 296 g/mol. The summed E-state index contributed by atoms with van der Waals surface area (Å²) in [5, 5.41) is 19.1. The first kappa shape index (κ1) is 15.8. The third-order valence-corrected chi connectivity index (χ3v) is 4.03. The first-order chi connectivity index (χ1) is 10.1. The Morgan fingerprint density at radius 3 is 2.86 bits per heavy atom. The Labute approximate surface area is 124 Å². The van der Waals surface area contributed by atoms with Crippen molar-refractivity contribution in [1.29, 1.82) is 0 Å². The van der Waals surface area contributed by atoms with Crippen LogP contribution in [0.3, 0.4) is 0 Å². The molecule has 1 heterocycles. The van der Waals surface area contributed by atoms with Gasteiger partial charge in [-0.15, -0.1) is 0 Å². The highest BCUT2D eigenvalue weighted by Crippen LogP contribution is 2.24. The van der Waals surface area contributed by atoms with Crippen molar-refractivity contribution >= 4 is 6.03 Å². The van der Waals surface area contributed by atoms with Crippen LogP contribution >= 0.6 is 0 Å². The number of carbonyl (C=O) groups is 1. The number of aromatic nitrogens is 2. The molecule has 7 heteroatoms. The van der Waals surface area contributed by atoms with Crippen LogP contribution in [0, 0.1) is 12.8 Å². The Hall–Kier alpha value is -1.63. The van der Waals surface area contributed by atoms with Crippen LogP contribution in [0.5, 0.6) is 0 Å². The number of nitrogens with zero attached hydrogens (tertiary/aromatic N) is 2. The topological polar surface area (TPSA) is 100 Å². The number of urea groups is 1. The Kier molecular flexibility index (Phi) is 5.55. The third-order valence-electron chi connectivity index (χ3n) is 4.03. The molecule has 3 unspecified atom stereocenters. The van der Waals surface area contributed by atoms with Crippen LogP contribution < -0.4 is 10.6 Å². The maximum atomic E-state index is 12.1. The van der Waals surface area contributed by atoms with Gasteiger partial charge in [-0.3, -0.25) is 0 Å². The molecule has 3 N–H and O–H groups in total. The molecule has 1 saturated carbocycles. The summed E-state index contributed by atoms with van der Waals surface area (Å²) in [6.07, 6.45) is 4.76. The number of amides is 2. The van der Waals surface area contributed by atoms with Gasteiger partial charge in [0, 0.05) is 25.5 Å². The molecule has 0 aromatic carbocycles. The minimum Gasteiger partial charge on any atom is -0.396 e. The second-order valence-corrected chi connectivity index (χ2v) is 5.58. The number of aliphatic hydroxyl groups excluding tert-OH is 1. The minimum absolute atomic E-state index is 0.0354. The summed E-state index contributed by atoms with van der Waals surface area (Å²) in [5.74, 6) is 1.13. The molecule has 2 rings (SSSR count). The lowest BCUT2D eigenvalue weighted by Crippen LogP contribution is -2.48. The Bertz CT molecular complexity index is 463. The molecule has 0 saturated heterocycles. The van der Waals surface area contributed by atoms with Crippen molar-refractivity contribution in [2.24, 2.45) is 5.92 Å². The van der Waals surface area contributed by atoms with Crippen LogP contribution in [0.2, 0.25) is 0 Å². The Balaban J connectivity index is 1.90. The summed E-state index contributed by atoms with van der Waals surface area (Å²) in [6.45, 7) is 3.79. The molecule has 0 radical (unpaired) electrons. The van der Waals surface area contributed by atoms with Gasteiger partial charge in [0.25, 0.3) is 0 Å². The zero-order chi connectivity index (χ0) is 15.2. The number of aryl methyl sites for hydroxylation is 1. The summed E-state index contributed by atoms with van der Waals surface area (Å²) in [6, 6.07) is -0.471. The number of nitrogens with one attached hydrogen (secondary N) is 2. The predicted octanol–water partition coefficient (Wildman–Crippen LogP) is 1.68. The van der Waals surface area contributed by atoms with E-state index in [0.29, 0.717) is 18.1 Å². The van der Waals surface area contributed by atoms with Crippen molar-refractivity contribution in [3.63, 3.8) is 0 Å². The predicted molar refractivity (Wildman–Crippen MR) is 76.6 cm³/mol. The number of hydrogen-bond donors (Lipinski definition) is 3. The number of hydrogen-bond acceptors (Lipinski definition) is 5. The summed E-state index contributed by atoms with van der Waals surface area (Å²) in [7, 11) is 0. The molecule has 1 fully saturated rings. The lowest BCUT2D eigenvalue weighted by atomic mass is 9.85. The van der Waals surface area contributed by atoms with Crippen molar-refractivity contribution in [1.82, 2.24) is 20.8 Å². The van der Waals surface area contributed by atoms with Crippen molar-refractivity contribution in [2.45, 2.75) is 58.0 Å². The lowest BCUT2D eigenvalue weighted by Gasteiger charge is -2.31. The molecular formula is C14H24N4O3. The van der Waals surface area contributed by atoms with Gasteiger partial charge < -0.3 is 20.3 Å². The number of carbonyl (C=O) groups excluding carboxylic acids is 1. The minimum atomic E-state index is -0.265. The fourth-order valence-electron chi connectivity index (χ4n) is 2.79. The molecule has 1 aromatic heterocycles. The molecule has 1 aromatic rings. The molecule has 3 atom stereocenters. The first-order valence-electron chi connectivity index (χ1n) is 7.62. The number of aliphatic hydroxyl groups is 1. The van der Waals surface area contributed by atoms with Gasteiger partial charge in [0.2, 0.25) is 5.89 Å². The van der Waals surface area contributed by atoms with E-state index in [1.807, 2.05) is 6.92 Å². The van der Waals surface area contributed by atoms with Gasteiger partial charge in [-0.2, -0.15) is 4.98 Å². The molecule has 1 aliphatic rings. The highest BCUT2D eigenvalue weighted by molar-refractivity contribution is 5.74. The van der Waals surface area contributed by atoms with Crippen LogP contribution in [0.15, 0.2) is 4.52 Å². The lowest BCUT2D eigenvalue weighted by molar-refractivity contribution is 0.153. The summed E-state index contributed by atoms with van der Waals surface area (Å²) in [4.78, 5) is 16.3. The largest absolute Gasteiger partial charge is 0.396 e. The van der Waals surface area contributed by atoms with E-state index < -0.39 is 0 Å². The molecule has 2 amide bonds. The van der Waals surface area contributed by atoms with E-state index in [-0.39, 0.29) is 30.6 Å². The van der Waals surface area contributed by atoms with Gasteiger partial charge in [0.05, 0.1) is 6.04 Å². The van der Waals surface area contributed by atoms with Crippen molar-refractivity contribution in [2.75, 3.05) is 6.61 Å². The maximum absolute atomic E-state index is 12.1. The highest BCUT2D eigenvalue weighted by Gasteiger charge is 2.27. The summed E-state index contributed by atoms with van der Waals surface area (Å²) in [5.41, 5.74) is 0. The average molecular weight is 296 g/mol. The molecule has 1 aliphatic carbocycles. The van der Waals surface area contributed by atoms with E-state index >= 15 is 0 Å². The molecule has 7 nitrogen and oxygen atoms in total. The van der Waals surface area contributed by atoms with E-state index in [4.69, 9.17) is 4.52 Å². The normalized spacial score (nSPS) is 23.6. The van der Waals surface area contributed by atoms with Gasteiger partial charge in [0.1, 0.15) is 0 Å². The molecule has 0 spiro atoms. The van der Waals surface area contributed by atoms with Crippen molar-refractivity contribution in [3.05, 3.63) is 11.7 Å². The van der Waals surface area contributed by atoms with Crippen LogP contribution in [-0.4, -0.2) is 33.9 Å². The average Bonchev–Trinajstić information content (AvgIpc) is 2.91. The van der Waals surface area contributed by atoms with Crippen LogP contribution in [-0.2, 0) is 0 Å². The fourth-order valence-corrected chi connectivity index (χ4v) is 2.79. The number of rotatable bonds is 5. The highest BCUT2D eigenvalue weighted by atomic mass is 16.5. The van der Waals surface area contributed by atoms with E-state index in [1.54, 1.807) is 6.92 Å². The smallest absolute Gasteiger partial charge is 0.315 e. The van der Waals surface area contributed by atoms with Gasteiger partial charge in [0.15, 0.2) is 5.82 Å². The van der Waals surface area contributed by atoms with Gasteiger partial charge >= 0.3 is 6.03 Å². The summed E-state index contributed by atoms with van der Waals surface area (Å²) >= 11 is 0. The molecule has 0 aliphatic heterocycles. The molecule has 118 valence electrons. The van der Waals surface area contributed by atoms with E-state index in [0.717, 1.165) is 25.7 Å². The van der Waals surface area contributed by atoms with Crippen LogP contribution in [0.1, 0.15) is 56.8 Å². The van der Waals surface area contributed by atoms with Crippen LogP contribution in [0.4, 0.5) is 4.79 Å². The van der Waals surface area contributed by atoms with Crippen molar-refractivity contribution in [3.8, 4) is 0 Å². The molecule has 21 heavy (non-hydrogen) atoms. The second-order valence-electron chi connectivity index (χ2n) is 5.58. The zero-order valence-corrected chi connectivity index (χ0v) is 12.6. The molecule has 0 bridgehead atoms. The third kappa shape index (κ3) is 4.17.